The van der Waals surface area contributed by atoms with Gasteiger partial charge < -0.3 is 24.3 Å². The summed E-state index contributed by atoms with van der Waals surface area (Å²) in [6.45, 7) is 1.80. The lowest BCUT2D eigenvalue weighted by Crippen LogP contribution is -2.14. The maximum absolute atomic E-state index is 12.7. The Morgan fingerprint density at radius 3 is 2.10 bits per heavy atom. The predicted octanol–water partition coefficient (Wildman–Crippen LogP) is 4.23. The number of halogens is 1. The van der Waals surface area contributed by atoms with Crippen LogP contribution >= 0.6 is 11.6 Å². The standard InChI is InChI=1S/C21H21ClN2O5/c1-12-6-16(18(27-3)9-15(12)22)24-21(25)14(11-23)7-13-8-19(28-4)20(29-5)10-17(13)26-2/h6-10H,1-5H3,(H,24,25)/b14-7+. The van der Waals surface area contributed by atoms with Crippen molar-refractivity contribution in [3.05, 3.63) is 46.0 Å². The first-order chi connectivity index (χ1) is 13.9. The lowest BCUT2D eigenvalue weighted by Gasteiger charge is -2.13. The van der Waals surface area contributed by atoms with Crippen LogP contribution in [0.25, 0.3) is 6.08 Å². The summed E-state index contributed by atoms with van der Waals surface area (Å²) in [5, 5.41) is 12.7. The number of rotatable bonds is 7. The molecule has 7 nitrogen and oxygen atoms in total. The molecule has 0 heterocycles. The number of nitrogens with zero attached hydrogens (tertiary/aromatic N) is 1. The van der Waals surface area contributed by atoms with Crippen molar-refractivity contribution in [3.63, 3.8) is 0 Å². The van der Waals surface area contributed by atoms with Gasteiger partial charge in [-0.2, -0.15) is 5.26 Å². The second-order valence-corrected chi connectivity index (χ2v) is 6.28. The molecule has 0 fully saturated rings. The summed E-state index contributed by atoms with van der Waals surface area (Å²) in [4.78, 5) is 12.7. The Morgan fingerprint density at radius 2 is 1.55 bits per heavy atom. The summed E-state index contributed by atoms with van der Waals surface area (Å²) >= 11 is 6.09. The monoisotopic (exact) mass is 416 g/mol. The van der Waals surface area contributed by atoms with Gasteiger partial charge in [-0.3, -0.25) is 4.79 Å². The molecule has 0 unspecified atom stereocenters. The molecule has 1 N–H and O–H groups in total. The zero-order valence-electron chi connectivity index (χ0n) is 16.8. The van der Waals surface area contributed by atoms with Crippen molar-refractivity contribution in [1.82, 2.24) is 0 Å². The minimum Gasteiger partial charge on any atom is -0.496 e. The number of carbonyl (C=O) groups is 1. The smallest absolute Gasteiger partial charge is 0.266 e. The number of nitrogens with one attached hydrogen (secondary N) is 1. The van der Waals surface area contributed by atoms with Gasteiger partial charge in [-0.15, -0.1) is 0 Å². The molecule has 0 aromatic heterocycles. The first-order valence-electron chi connectivity index (χ1n) is 8.45. The minimum absolute atomic E-state index is 0.134. The van der Waals surface area contributed by atoms with Gasteiger partial charge in [-0.05, 0) is 30.7 Å². The van der Waals surface area contributed by atoms with E-state index in [1.54, 1.807) is 31.2 Å². The Kier molecular flexibility index (Phi) is 7.34. The molecule has 0 bridgehead atoms. The van der Waals surface area contributed by atoms with Crippen LogP contribution in [0.15, 0.2) is 29.8 Å². The first-order valence-corrected chi connectivity index (χ1v) is 8.83. The van der Waals surface area contributed by atoms with Crippen molar-refractivity contribution in [2.75, 3.05) is 33.8 Å². The van der Waals surface area contributed by atoms with Crippen molar-refractivity contribution >= 4 is 29.3 Å². The molecule has 0 aliphatic rings. The molecular formula is C21H21ClN2O5. The maximum atomic E-state index is 12.7. The average Bonchev–Trinajstić information content (AvgIpc) is 2.73. The average molecular weight is 417 g/mol. The third-order valence-electron chi connectivity index (χ3n) is 4.13. The molecule has 2 aromatic rings. The van der Waals surface area contributed by atoms with E-state index in [9.17, 15) is 10.1 Å². The molecule has 2 aromatic carbocycles. The van der Waals surface area contributed by atoms with Gasteiger partial charge in [-0.25, -0.2) is 0 Å². The fourth-order valence-corrected chi connectivity index (χ4v) is 2.74. The first kappa shape index (κ1) is 21.9. The molecule has 0 aliphatic carbocycles. The molecule has 0 aliphatic heterocycles. The van der Waals surface area contributed by atoms with Crippen LogP contribution in [0.5, 0.6) is 23.0 Å². The van der Waals surface area contributed by atoms with Gasteiger partial charge in [-0.1, -0.05) is 11.6 Å². The summed E-state index contributed by atoms with van der Waals surface area (Å²) < 4.78 is 21.1. The van der Waals surface area contributed by atoms with E-state index in [2.05, 4.69) is 5.32 Å². The van der Waals surface area contributed by atoms with Crippen molar-refractivity contribution in [3.8, 4) is 29.1 Å². The van der Waals surface area contributed by atoms with Gasteiger partial charge in [0, 0.05) is 22.7 Å². The van der Waals surface area contributed by atoms with Crippen LogP contribution in [0.1, 0.15) is 11.1 Å². The second kappa shape index (κ2) is 9.71. The maximum Gasteiger partial charge on any atom is 0.266 e. The summed E-state index contributed by atoms with van der Waals surface area (Å²) in [5.74, 6) is 1.10. The summed E-state index contributed by atoms with van der Waals surface area (Å²) in [7, 11) is 5.94. The molecule has 0 saturated carbocycles. The molecule has 0 spiro atoms. The molecule has 8 heteroatoms. The molecule has 0 saturated heterocycles. The molecule has 152 valence electrons. The molecular weight excluding hydrogens is 396 g/mol. The lowest BCUT2D eigenvalue weighted by molar-refractivity contribution is -0.112. The Bertz CT molecular complexity index is 996. The largest absolute Gasteiger partial charge is 0.496 e. The number of benzene rings is 2. The Morgan fingerprint density at radius 1 is 0.966 bits per heavy atom. The van der Waals surface area contributed by atoms with E-state index in [4.69, 9.17) is 30.5 Å². The molecule has 2 rings (SSSR count). The third-order valence-corrected chi connectivity index (χ3v) is 4.54. The van der Waals surface area contributed by atoms with Crippen LogP contribution in [0.3, 0.4) is 0 Å². The van der Waals surface area contributed by atoms with E-state index < -0.39 is 5.91 Å². The van der Waals surface area contributed by atoms with Gasteiger partial charge in [0.15, 0.2) is 11.5 Å². The Labute approximate surface area is 174 Å². The number of ether oxygens (including phenoxy) is 4. The highest BCUT2D eigenvalue weighted by Crippen LogP contribution is 2.36. The van der Waals surface area contributed by atoms with Crippen LogP contribution in [0.2, 0.25) is 5.02 Å². The van der Waals surface area contributed by atoms with E-state index in [1.807, 2.05) is 6.07 Å². The van der Waals surface area contributed by atoms with Gasteiger partial charge in [0.1, 0.15) is 23.1 Å². The molecule has 1 amide bonds. The highest BCUT2D eigenvalue weighted by atomic mass is 35.5. The zero-order chi connectivity index (χ0) is 21.6. The lowest BCUT2D eigenvalue weighted by atomic mass is 10.1. The highest BCUT2D eigenvalue weighted by molar-refractivity contribution is 6.31. The van der Waals surface area contributed by atoms with E-state index in [0.717, 1.165) is 5.56 Å². The van der Waals surface area contributed by atoms with E-state index in [1.165, 1.54) is 34.5 Å². The van der Waals surface area contributed by atoms with Crippen LogP contribution in [-0.2, 0) is 4.79 Å². The number of methoxy groups -OCH3 is 4. The number of nitriles is 1. The summed E-state index contributed by atoms with van der Waals surface area (Å²) in [6.07, 6.45) is 1.41. The highest BCUT2D eigenvalue weighted by Gasteiger charge is 2.17. The fraction of sp³-hybridized carbons (Fsp3) is 0.238. The van der Waals surface area contributed by atoms with Gasteiger partial charge in [0.25, 0.3) is 5.91 Å². The van der Waals surface area contributed by atoms with Crippen molar-refractivity contribution in [2.45, 2.75) is 6.92 Å². The summed E-state index contributed by atoms with van der Waals surface area (Å²) in [6, 6.07) is 8.41. The van der Waals surface area contributed by atoms with Crippen LogP contribution in [-0.4, -0.2) is 34.3 Å². The van der Waals surface area contributed by atoms with Crippen molar-refractivity contribution in [2.24, 2.45) is 0 Å². The Balaban J connectivity index is 2.44. The zero-order valence-corrected chi connectivity index (χ0v) is 17.5. The van der Waals surface area contributed by atoms with Crippen LogP contribution in [0.4, 0.5) is 5.69 Å². The third kappa shape index (κ3) is 4.92. The van der Waals surface area contributed by atoms with E-state index in [0.29, 0.717) is 39.3 Å². The van der Waals surface area contributed by atoms with Gasteiger partial charge in [0.05, 0.1) is 34.1 Å². The SMILES string of the molecule is COc1cc(OC)c(OC)cc1/C=C(\C#N)C(=O)Nc1cc(C)c(Cl)cc1OC. The number of hydrogen-bond acceptors (Lipinski definition) is 6. The van der Waals surface area contributed by atoms with Crippen molar-refractivity contribution in [1.29, 1.82) is 5.26 Å². The van der Waals surface area contributed by atoms with Crippen LogP contribution in [0, 0.1) is 18.3 Å². The van der Waals surface area contributed by atoms with Gasteiger partial charge in [0.2, 0.25) is 0 Å². The topological polar surface area (TPSA) is 89.8 Å². The van der Waals surface area contributed by atoms with Crippen LogP contribution < -0.4 is 24.3 Å². The number of hydrogen-bond donors (Lipinski definition) is 1. The van der Waals surface area contributed by atoms with Gasteiger partial charge >= 0.3 is 0 Å². The Hall–Kier alpha value is -3.37. The second-order valence-electron chi connectivity index (χ2n) is 5.87. The summed E-state index contributed by atoms with van der Waals surface area (Å²) in [5.41, 5.74) is 1.51. The minimum atomic E-state index is -0.607. The number of amides is 1. The number of anilines is 1. The van der Waals surface area contributed by atoms with E-state index >= 15 is 0 Å². The van der Waals surface area contributed by atoms with Crippen molar-refractivity contribution < 1.29 is 23.7 Å². The molecule has 0 atom stereocenters. The number of carbonyl (C=O) groups excluding carboxylic acids is 1. The predicted molar refractivity (Wildman–Crippen MR) is 111 cm³/mol. The number of aryl methyl sites for hydroxylation is 1. The fourth-order valence-electron chi connectivity index (χ4n) is 2.59. The quantitative estimate of drug-likeness (QED) is 0.536. The normalized spacial score (nSPS) is 10.7. The van der Waals surface area contributed by atoms with E-state index in [-0.39, 0.29) is 5.57 Å². The molecule has 0 radical (unpaired) electrons. The molecule has 29 heavy (non-hydrogen) atoms.